The van der Waals surface area contributed by atoms with Gasteiger partial charge in [0.1, 0.15) is 11.6 Å². The maximum Gasteiger partial charge on any atom is 0.145 e. The van der Waals surface area contributed by atoms with Crippen molar-refractivity contribution in [3.05, 3.63) is 58.9 Å². The molecule has 3 nitrogen and oxygen atoms in total. The summed E-state index contributed by atoms with van der Waals surface area (Å²) < 4.78 is 13.5. The van der Waals surface area contributed by atoms with Gasteiger partial charge in [0.25, 0.3) is 0 Å². The molecule has 1 N–H and O–H groups in total. The highest BCUT2D eigenvalue weighted by molar-refractivity contribution is 5.28. The highest BCUT2D eigenvalue weighted by atomic mass is 19.1. The number of hydrogen-bond donors (Lipinski definition) is 1. The fourth-order valence-electron chi connectivity index (χ4n) is 2.24. The molecule has 0 saturated carbocycles. The Labute approximate surface area is 125 Å². The normalized spacial score (nSPS) is 12.4. The second-order valence-electron chi connectivity index (χ2n) is 5.40. The van der Waals surface area contributed by atoms with Crippen LogP contribution in [0.1, 0.15) is 41.9 Å². The third-order valence-corrected chi connectivity index (χ3v) is 3.49. The third-order valence-electron chi connectivity index (χ3n) is 3.49. The Hall–Kier alpha value is -1.81. The lowest BCUT2D eigenvalue weighted by atomic mass is 10.00. The van der Waals surface area contributed by atoms with Gasteiger partial charge in [0.05, 0.1) is 6.04 Å². The van der Waals surface area contributed by atoms with E-state index in [-0.39, 0.29) is 11.9 Å². The minimum Gasteiger partial charge on any atom is -0.307 e. The molecule has 112 valence electrons. The maximum atomic E-state index is 13.5. The number of halogens is 1. The number of rotatable bonds is 6. The van der Waals surface area contributed by atoms with Gasteiger partial charge < -0.3 is 5.32 Å². The van der Waals surface area contributed by atoms with Crippen LogP contribution in [-0.2, 0) is 6.42 Å². The van der Waals surface area contributed by atoms with Crippen molar-refractivity contribution in [3.63, 3.8) is 0 Å². The van der Waals surface area contributed by atoms with Gasteiger partial charge >= 0.3 is 0 Å². The minimum absolute atomic E-state index is 0.00560. The van der Waals surface area contributed by atoms with E-state index < -0.39 is 0 Å². The Morgan fingerprint density at radius 3 is 2.57 bits per heavy atom. The van der Waals surface area contributed by atoms with E-state index >= 15 is 0 Å². The van der Waals surface area contributed by atoms with E-state index in [1.54, 1.807) is 6.07 Å². The van der Waals surface area contributed by atoms with Gasteiger partial charge in [-0.05, 0) is 62.1 Å². The molecule has 1 aromatic heterocycles. The molecule has 0 amide bonds. The van der Waals surface area contributed by atoms with Crippen LogP contribution in [0.25, 0.3) is 0 Å². The van der Waals surface area contributed by atoms with Gasteiger partial charge in [-0.15, -0.1) is 0 Å². The van der Waals surface area contributed by atoms with Crippen LogP contribution in [0, 0.1) is 19.7 Å². The number of benzene rings is 1. The molecule has 1 atom stereocenters. The van der Waals surface area contributed by atoms with Crippen molar-refractivity contribution in [3.8, 4) is 0 Å². The molecule has 0 aliphatic rings. The summed E-state index contributed by atoms with van der Waals surface area (Å²) in [7, 11) is 0. The van der Waals surface area contributed by atoms with Gasteiger partial charge in [-0.25, -0.2) is 14.4 Å². The first-order valence-electron chi connectivity index (χ1n) is 7.37. The summed E-state index contributed by atoms with van der Waals surface area (Å²) in [5.74, 6) is 0.562. The van der Waals surface area contributed by atoms with Crippen LogP contribution in [-0.4, -0.2) is 16.5 Å². The average Bonchev–Trinajstić information content (AvgIpc) is 2.48. The highest BCUT2D eigenvalue weighted by Gasteiger charge is 2.16. The Bertz CT molecular complexity index is 581. The van der Waals surface area contributed by atoms with Gasteiger partial charge in [-0.1, -0.05) is 13.0 Å². The van der Waals surface area contributed by atoms with E-state index in [9.17, 15) is 4.39 Å². The van der Waals surface area contributed by atoms with Crippen molar-refractivity contribution in [2.45, 2.75) is 39.7 Å². The van der Waals surface area contributed by atoms with Gasteiger partial charge in [0.2, 0.25) is 0 Å². The molecule has 0 fully saturated rings. The lowest BCUT2D eigenvalue weighted by molar-refractivity contribution is 0.501. The Balaban J connectivity index is 2.23. The molecule has 2 rings (SSSR count). The predicted molar refractivity (Wildman–Crippen MR) is 82.6 cm³/mol. The summed E-state index contributed by atoms with van der Waals surface area (Å²) >= 11 is 0. The molecule has 0 aliphatic carbocycles. The van der Waals surface area contributed by atoms with Gasteiger partial charge in [-0.2, -0.15) is 0 Å². The summed E-state index contributed by atoms with van der Waals surface area (Å²) in [6.07, 6.45) is 5.36. The molecule has 0 radical (unpaired) electrons. The topological polar surface area (TPSA) is 37.8 Å². The van der Waals surface area contributed by atoms with Gasteiger partial charge in [0.15, 0.2) is 0 Å². The van der Waals surface area contributed by atoms with Crippen LogP contribution in [0.3, 0.4) is 0 Å². The molecule has 21 heavy (non-hydrogen) atoms. The van der Waals surface area contributed by atoms with E-state index in [0.29, 0.717) is 6.42 Å². The van der Waals surface area contributed by atoms with E-state index in [1.807, 2.05) is 32.3 Å². The number of nitrogens with zero attached hydrogens (tertiary/aromatic N) is 2. The highest BCUT2D eigenvalue weighted by Crippen LogP contribution is 2.19. The molecule has 1 heterocycles. The quantitative estimate of drug-likeness (QED) is 0.883. The van der Waals surface area contributed by atoms with Crippen molar-refractivity contribution >= 4 is 0 Å². The first kappa shape index (κ1) is 15.6. The zero-order valence-electron chi connectivity index (χ0n) is 12.9. The number of hydrogen-bond acceptors (Lipinski definition) is 3. The van der Waals surface area contributed by atoms with Crippen LogP contribution in [0.15, 0.2) is 30.6 Å². The Kier molecular flexibility index (Phi) is 5.39. The average molecular weight is 287 g/mol. The minimum atomic E-state index is -0.199. The van der Waals surface area contributed by atoms with Crippen LogP contribution < -0.4 is 5.32 Å². The van der Waals surface area contributed by atoms with E-state index in [2.05, 4.69) is 22.2 Å². The molecular formula is C17H22FN3. The van der Waals surface area contributed by atoms with Gasteiger partial charge in [-0.3, -0.25) is 0 Å². The summed E-state index contributed by atoms with van der Waals surface area (Å²) in [6.45, 7) is 6.97. The fraction of sp³-hybridized carbons (Fsp3) is 0.412. The lowest BCUT2D eigenvalue weighted by Gasteiger charge is -2.18. The molecule has 1 unspecified atom stereocenters. The standard InChI is InChI=1S/C17H22FN3/c1-4-7-19-16(17-20-10-12(2)11-21-17)9-14-8-15(18)6-5-13(14)3/h5-6,8,10-11,16,19H,4,7,9H2,1-3H3. The zero-order chi connectivity index (χ0) is 15.2. The van der Waals surface area contributed by atoms with Crippen molar-refractivity contribution < 1.29 is 4.39 Å². The van der Waals surface area contributed by atoms with Crippen LogP contribution >= 0.6 is 0 Å². The molecule has 0 aliphatic heterocycles. The van der Waals surface area contributed by atoms with Crippen LogP contribution in [0.2, 0.25) is 0 Å². The molecular weight excluding hydrogens is 265 g/mol. The van der Waals surface area contributed by atoms with Crippen molar-refractivity contribution in [2.24, 2.45) is 0 Å². The Morgan fingerprint density at radius 1 is 1.19 bits per heavy atom. The number of aromatic nitrogens is 2. The molecule has 0 bridgehead atoms. The second-order valence-corrected chi connectivity index (χ2v) is 5.40. The zero-order valence-corrected chi connectivity index (χ0v) is 12.9. The largest absolute Gasteiger partial charge is 0.307 e. The number of nitrogens with one attached hydrogen (secondary N) is 1. The maximum absolute atomic E-state index is 13.5. The molecule has 4 heteroatoms. The molecule has 0 saturated heterocycles. The fourth-order valence-corrected chi connectivity index (χ4v) is 2.24. The molecule has 2 aromatic rings. The van der Waals surface area contributed by atoms with Crippen molar-refractivity contribution in [1.82, 2.24) is 15.3 Å². The predicted octanol–water partition coefficient (Wildman–Crippen LogP) is 3.52. The Morgan fingerprint density at radius 2 is 1.90 bits per heavy atom. The van der Waals surface area contributed by atoms with Crippen molar-refractivity contribution in [1.29, 1.82) is 0 Å². The first-order valence-corrected chi connectivity index (χ1v) is 7.37. The smallest absolute Gasteiger partial charge is 0.145 e. The summed E-state index contributed by atoms with van der Waals surface area (Å²) in [5, 5.41) is 3.45. The van der Waals surface area contributed by atoms with Crippen molar-refractivity contribution in [2.75, 3.05) is 6.54 Å². The summed E-state index contributed by atoms with van der Waals surface area (Å²) in [6, 6.07) is 4.92. The number of aryl methyl sites for hydroxylation is 2. The summed E-state index contributed by atoms with van der Waals surface area (Å²) in [5.41, 5.74) is 3.12. The van der Waals surface area contributed by atoms with Crippen LogP contribution in [0.5, 0.6) is 0 Å². The first-order chi connectivity index (χ1) is 10.1. The third kappa shape index (κ3) is 4.33. The second kappa shape index (κ2) is 7.27. The SMILES string of the molecule is CCCNC(Cc1cc(F)ccc1C)c1ncc(C)cn1. The van der Waals surface area contributed by atoms with E-state index in [0.717, 1.165) is 35.5 Å². The monoisotopic (exact) mass is 287 g/mol. The molecule has 1 aromatic carbocycles. The lowest BCUT2D eigenvalue weighted by Crippen LogP contribution is -2.26. The summed E-state index contributed by atoms with van der Waals surface area (Å²) in [4.78, 5) is 8.82. The molecule has 0 spiro atoms. The van der Waals surface area contributed by atoms with E-state index in [1.165, 1.54) is 6.07 Å². The van der Waals surface area contributed by atoms with Crippen LogP contribution in [0.4, 0.5) is 4.39 Å². The van der Waals surface area contributed by atoms with E-state index in [4.69, 9.17) is 0 Å². The van der Waals surface area contributed by atoms with Gasteiger partial charge in [0, 0.05) is 12.4 Å².